The first kappa shape index (κ1) is 15.6. The van der Waals surface area contributed by atoms with Crippen LogP contribution in [0.1, 0.15) is 10.5 Å². The van der Waals surface area contributed by atoms with Crippen LogP contribution in [0.25, 0.3) is 11.2 Å². The number of nitrogens with two attached hydrogens (primary N) is 1. The maximum Gasteiger partial charge on any atom is 0.473 e. The van der Waals surface area contributed by atoms with E-state index < -0.39 is 38.0 Å². The highest BCUT2D eigenvalue weighted by Gasteiger charge is 2.42. The number of anilines is 1. The molecular formula is C10H10N5O7P. The van der Waals surface area contributed by atoms with Crippen LogP contribution in [-0.4, -0.2) is 54.5 Å². The van der Waals surface area contributed by atoms with Crippen molar-refractivity contribution in [1.29, 1.82) is 0 Å². The number of fused-ring (bicyclic) bond motifs is 1. The molecule has 0 aromatic carbocycles. The molecule has 3 atom stereocenters. The molecule has 3 rings (SSSR count). The van der Waals surface area contributed by atoms with Crippen molar-refractivity contribution in [2.75, 3.05) is 12.3 Å². The lowest BCUT2D eigenvalue weighted by molar-refractivity contribution is -0.0427. The normalized spacial score (nSPS) is 27.9. The summed E-state index contributed by atoms with van der Waals surface area (Å²) in [5, 5.41) is 9.69. The average Bonchev–Trinajstić information content (AvgIpc) is 2.48. The number of carbonyl (C=O) groups is 1. The van der Waals surface area contributed by atoms with Crippen LogP contribution in [0.3, 0.4) is 0 Å². The minimum Gasteiger partial charge on any atom is -0.387 e. The second-order valence-electron chi connectivity index (χ2n) is 4.60. The highest BCUT2D eigenvalue weighted by molar-refractivity contribution is 7.47. The van der Waals surface area contributed by atoms with Gasteiger partial charge < -0.3 is 15.7 Å². The number of aromatic amines is 1. The third-order valence-electron chi connectivity index (χ3n) is 2.95. The molecule has 3 unspecified atom stereocenters. The van der Waals surface area contributed by atoms with Crippen molar-refractivity contribution in [3.63, 3.8) is 0 Å². The Morgan fingerprint density at radius 1 is 1.48 bits per heavy atom. The van der Waals surface area contributed by atoms with E-state index >= 15 is 0 Å². The summed E-state index contributed by atoms with van der Waals surface area (Å²) in [6.45, 7) is -0.566. The van der Waals surface area contributed by atoms with Gasteiger partial charge in [0.05, 0.1) is 12.8 Å². The van der Waals surface area contributed by atoms with Crippen LogP contribution < -0.4 is 11.3 Å². The molecule has 0 saturated carbocycles. The first-order chi connectivity index (χ1) is 10.8. The van der Waals surface area contributed by atoms with E-state index in [4.69, 9.17) is 5.73 Å². The van der Waals surface area contributed by atoms with Crippen molar-refractivity contribution in [1.82, 2.24) is 19.9 Å². The Hall–Kier alpha value is -2.24. The van der Waals surface area contributed by atoms with Gasteiger partial charge in [0.2, 0.25) is 11.7 Å². The van der Waals surface area contributed by atoms with Crippen molar-refractivity contribution in [2.45, 2.75) is 12.2 Å². The summed E-state index contributed by atoms with van der Waals surface area (Å²) in [6, 6.07) is 0. The highest BCUT2D eigenvalue weighted by Crippen LogP contribution is 2.48. The zero-order valence-corrected chi connectivity index (χ0v) is 12.1. The summed E-state index contributed by atoms with van der Waals surface area (Å²) in [4.78, 5) is 46.8. The molecule has 0 spiro atoms. The Morgan fingerprint density at radius 3 is 2.96 bits per heavy atom. The molecule has 2 aromatic rings. The molecule has 1 fully saturated rings. The zero-order chi connectivity index (χ0) is 16.8. The number of hydrogen-bond donors (Lipinski definition) is 4. The minimum atomic E-state index is -4.44. The summed E-state index contributed by atoms with van der Waals surface area (Å²) in [5.41, 5.74) is 3.97. The quantitative estimate of drug-likeness (QED) is 0.361. The SMILES string of the molecule is Nc1nc2ncc(C(=O)C3OP(=O)(O)OCC3O)nc2c(=O)[nH]1. The predicted molar refractivity (Wildman–Crippen MR) is 73.4 cm³/mol. The number of hydrogen-bond acceptors (Lipinski definition) is 10. The van der Waals surface area contributed by atoms with Crippen molar-refractivity contribution in [3.05, 3.63) is 22.2 Å². The van der Waals surface area contributed by atoms with Gasteiger partial charge in [-0.05, 0) is 0 Å². The minimum absolute atomic E-state index is 0.0796. The van der Waals surface area contributed by atoms with Crippen LogP contribution in [-0.2, 0) is 13.6 Å². The van der Waals surface area contributed by atoms with E-state index in [2.05, 4.69) is 29.0 Å². The third kappa shape index (κ3) is 2.98. The van der Waals surface area contributed by atoms with E-state index in [9.17, 15) is 24.2 Å². The topological polar surface area (TPSA) is 191 Å². The van der Waals surface area contributed by atoms with Crippen LogP contribution in [0.4, 0.5) is 5.95 Å². The number of H-pyrrole nitrogens is 1. The molecular weight excluding hydrogens is 333 g/mol. The van der Waals surface area contributed by atoms with Crippen LogP contribution in [0.5, 0.6) is 0 Å². The number of Topliss-reactive ketones (excluding diaryl/α,β-unsaturated/α-hetero) is 1. The molecule has 0 amide bonds. The molecule has 23 heavy (non-hydrogen) atoms. The van der Waals surface area contributed by atoms with E-state index in [1.54, 1.807) is 0 Å². The lowest BCUT2D eigenvalue weighted by Crippen LogP contribution is -2.42. The van der Waals surface area contributed by atoms with Crippen molar-refractivity contribution < 1.29 is 28.4 Å². The maximum atomic E-state index is 12.3. The predicted octanol–water partition coefficient (Wildman–Crippen LogP) is -1.65. The number of aliphatic hydroxyl groups excluding tert-OH is 1. The van der Waals surface area contributed by atoms with Crippen LogP contribution in [0.15, 0.2) is 11.0 Å². The highest BCUT2D eigenvalue weighted by atomic mass is 31.2. The van der Waals surface area contributed by atoms with Gasteiger partial charge in [-0.1, -0.05) is 0 Å². The van der Waals surface area contributed by atoms with Gasteiger partial charge in [0.25, 0.3) is 5.56 Å². The molecule has 122 valence electrons. The molecule has 3 heterocycles. The molecule has 5 N–H and O–H groups in total. The van der Waals surface area contributed by atoms with E-state index in [-0.39, 0.29) is 22.8 Å². The average molecular weight is 343 g/mol. The fourth-order valence-electron chi connectivity index (χ4n) is 1.92. The molecule has 0 bridgehead atoms. The van der Waals surface area contributed by atoms with Crippen molar-refractivity contribution >= 4 is 30.7 Å². The molecule has 1 saturated heterocycles. The number of rotatable bonds is 2. The first-order valence-corrected chi connectivity index (χ1v) is 7.67. The molecule has 2 aromatic heterocycles. The number of nitrogens with one attached hydrogen (secondary N) is 1. The van der Waals surface area contributed by atoms with Gasteiger partial charge in [-0.25, -0.2) is 14.5 Å². The Bertz CT molecular complexity index is 899. The molecule has 12 nitrogen and oxygen atoms in total. The summed E-state index contributed by atoms with van der Waals surface area (Å²) in [5.74, 6) is -1.10. The number of nitrogen functional groups attached to an aromatic ring is 1. The van der Waals surface area contributed by atoms with Crippen molar-refractivity contribution in [3.8, 4) is 0 Å². The van der Waals surface area contributed by atoms with Gasteiger partial charge in [0, 0.05) is 0 Å². The van der Waals surface area contributed by atoms with Crippen LogP contribution in [0.2, 0.25) is 0 Å². The largest absolute Gasteiger partial charge is 0.473 e. The second-order valence-corrected chi connectivity index (χ2v) is 6.01. The molecule has 0 radical (unpaired) electrons. The summed E-state index contributed by atoms with van der Waals surface area (Å²) in [6.07, 6.45) is -2.16. The number of nitrogens with zero attached hydrogens (tertiary/aromatic N) is 3. The number of phosphoric ester groups is 1. The monoisotopic (exact) mass is 343 g/mol. The van der Waals surface area contributed by atoms with E-state index in [0.29, 0.717) is 0 Å². The summed E-state index contributed by atoms with van der Waals surface area (Å²) in [7, 11) is -4.44. The van der Waals surface area contributed by atoms with Gasteiger partial charge >= 0.3 is 7.82 Å². The second kappa shape index (κ2) is 5.44. The molecule has 1 aliphatic heterocycles. The van der Waals surface area contributed by atoms with E-state index in [1.807, 2.05) is 0 Å². The fourth-order valence-corrected chi connectivity index (χ4v) is 2.85. The number of aromatic nitrogens is 4. The molecule has 1 aliphatic rings. The fraction of sp³-hybridized carbons (Fsp3) is 0.300. The van der Waals surface area contributed by atoms with Gasteiger partial charge in [-0.3, -0.25) is 23.6 Å². The van der Waals surface area contributed by atoms with Gasteiger partial charge in [-0.15, -0.1) is 0 Å². The Morgan fingerprint density at radius 2 is 2.22 bits per heavy atom. The Labute approximate surface area is 126 Å². The van der Waals surface area contributed by atoms with Crippen LogP contribution in [0, 0.1) is 0 Å². The zero-order valence-electron chi connectivity index (χ0n) is 11.2. The summed E-state index contributed by atoms with van der Waals surface area (Å²) >= 11 is 0. The van der Waals surface area contributed by atoms with Gasteiger partial charge in [0.15, 0.2) is 17.3 Å². The Kier molecular flexibility index (Phi) is 3.70. The molecule has 0 aliphatic carbocycles. The first-order valence-electron chi connectivity index (χ1n) is 6.17. The van der Waals surface area contributed by atoms with E-state index in [0.717, 1.165) is 6.20 Å². The van der Waals surface area contributed by atoms with Gasteiger partial charge in [-0.2, -0.15) is 4.98 Å². The lowest BCUT2D eigenvalue weighted by Gasteiger charge is -2.28. The maximum absolute atomic E-state index is 12.3. The summed E-state index contributed by atoms with van der Waals surface area (Å²) < 4.78 is 20.3. The lowest BCUT2D eigenvalue weighted by atomic mass is 10.1. The number of carbonyl (C=O) groups excluding carboxylic acids is 1. The molecule has 13 heteroatoms. The number of phosphoric acid groups is 1. The van der Waals surface area contributed by atoms with E-state index in [1.165, 1.54) is 0 Å². The number of aliphatic hydroxyl groups is 1. The third-order valence-corrected chi connectivity index (χ3v) is 3.92. The smallest absolute Gasteiger partial charge is 0.387 e. The standard InChI is InChI=1S/C10H10N5O7P/c11-10-14-8-5(9(18)15-10)13-3(1-12-8)6(17)7-4(16)2-21-23(19,20)22-7/h1,4,7,16H,2H2,(H,19,20)(H3,11,12,14,15,18). The van der Waals surface area contributed by atoms with Gasteiger partial charge in [0.1, 0.15) is 11.8 Å². The number of ketones is 1. The Balaban J connectivity index is 2.01. The van der Waals surface area contributed by atoms with Crippen molar-refractivity contribution in [2.24, 2.45) is 0 Å². The van der Waals surface area contributed by atoms with Crippen LogP contribution >= 0.6 is 7.82 Å².